The number of fused-ring (bicyclic) bond motifs is 5. The van der Waals surface area contributed by atoms with Crippen LogP contribution in [0.3, 0.4) is 0 Å². The van der Waals surface area contributed by atoms with Crippen molar-refractivity contribution < 1.29 is 20.1 Å². The first-order valence-electron chi connectivity index (χ1n) is 11.9. The van der Waals surface area contributed by atoms with Crippen molar-refractivity contribution >= 4 is 5.91 Å². The molecule has 4 rings (SSSR count). The first kappa shape index (κ1) is 21.6. The van der Waals surface area contributed by atoms with Gasteiger partial charge >= 0.3 is 0 Å². The SMILES string of the molecule is C[C@H](CCC(N)=O)[C@H]1CC[C@H]2[C@@H]3[C@H](O)CC4C[C@H](O)CC[C@]4(C)[C@H]3C[C@H](O)[C@]12C. The Morgan fingerprint density at radius 3 is 2.48 bits per heavy atom. The molecule has 1 unspecified atom stereocenters. The van der Waals surface area contributed by atoms with Crippen LogP contribution >= 0.6 is 0 Å². The predicted octanol–water partition coefficient (Wildman–Crippen LogP) is 2.85. The normalized spacial score (nSPS) is 52.9. The highest BCUT2D eigenvalue weighted by Crippen LogP contribution is 2.68. The van der Waals surface area contributed by atoms with Gasteiger partial charge in [0.15, 0.2) is 0 Å². The second-order valence-corrected chi connectivity index (χ2v) is 11.5. The van der Waals surface area contributed by atoms with E-state index in [1.807, 2.05) is 0 Å². The van der Waals surface area contributed by atoms with E-state index in [-0.39, 0.29) is 41.0 Å². The van der Waals surface area contributed by atoms with Gasteiger partial charge in [0.05, 0.1) is 18.3 Å². The molecule has 5 heteroatoms. The molecule has 0 aromatic carbocycles. The number of aliphatic hydroxyl groups excluding tert-OH is 3. The molecule has 1 amide bonds. The molecule has 4 saturated carbocycles. The van der Waals surface area contributed by atoms with Gasteiger partial charge < -0.3 is 21.1 Å². The number of nitrogens with two attached hydrogens (primary N) is 1. The van der Waals surface area contributed by atoms with E-state index in [0.29, 0.717) is 36.0 Å². The third-order valence-electron chi connectivity index (χ3n) is 10.4. The molecule has 4 aliphatic carbocycles. The van der Waals surface area contributed by atoms with Crippen molar-refractivity contribution in [1.82, 2.24) is 0 Å². The van der Waals surface area contributed by atoms with E-state index in [1.54, 1.807) is 0 Å². The van der Waals surface area contributed by atoms with Gasteiger partial charge in [0.1, 0.15) is 0 Å². The maximum Gasteiger partial charge on any atom is 0.217 e. The van der Waals surface area contributed by atoms with Gasteiger partial charge in [0, 0.05) is 6.42 Å². The number of hydrogen-bond acceptors (Lipinski definition) is 4. The van der Waals surface area contributed by atoms with Crippen molar-refractivity contribution in [2.24, 2.45) is 52.1 Å². The summed E-state index contributed by atoms with van der Waals surface area (Å²) in [7, 11) is 0. The Morgan fingerprint density at radius 2 is 1.79 bits per heavy atom. The number of primary amides is 1. The lowest BCUT2D eigenvalue weighted by Crippen LogP contribution is -2.62. The minimum atomic E-state index is -0.369. The number of aliphatic hydroxyl groups is 3. The van der Waals surface area contributed by atoms with Gasteiger partial charge in [0.2, 0.25) is 5.91 Å². The average molecular weight is 408 g/mol. The summed E-state index contributed by atoms with van der Waals surface area (Å²) in [6.45, 7) is 6.82. The van der Waals surface area contributed by atoms with Crippen molar-refractivity contribution in [2.75, 3.05) is 0 Å². The van der Waals surface area contributed by atoms with E-state index in [4.69, 9.17) is 5.73 Å². The zero-order chi connectivity index (χ0) is 21.1. The molecule has 4 fully saturated rings. The Hall–Kier alpha value is -0.650. The van der Waals surface area contributed by atoms with Gasteiger partial charge in [-0.15, -0.1) is 0 Å². The predicted molar refractivity (Wildman–Crippen MR) is 112 cm³/mol. The van der Waals surface area contributed by atoms with Gasteiger partial charge in [-0.1, -0.05) is 20.8 Å². The van der Waals surface area contributed by atoms with Crippen molar-refractivity contribution in [1.29, 1.82) is 0 Å². The van der Waals surface area contributed by atoms with Crippen molar-refractivity contribution in [3.63, 3.8) is 0 Å². The van der Waals surface area contributed by atoms with E-state index >= 15 is 0 Å². The van der Waals surface area contributed by atoms with E-state index < -0.39 is 0 Å². The van der Waals surface area contributed by atoms with Crippen LogP contribution in [0.15, 0.2) is 0 Å². The lowest BCUT2D eigenvalue weighted by Gasteiger charge is -2.63. The maximum absolute atomic E-state index is 11.5. The van der Waals surface area contributed by atoms with Crippen molar-refractivity contribution in [3.05, 3.63) is 0 Å². The summed E-state index contributed by atoms with van der Waals surface area (Å²) >= 11 is 0. The summed E-state index contributed by atoms with van der Waals surface area (Å²) in [5, 5.41) is 33.0. The van der Waals surface area contributed by atoms with Crippen LogP contribution in [0.4, 0.5) is 0 Å². The highest BCUT2D eigenvalue weighted by atomic mass is 16.3. The fourth-order valence-corrected chi connectivity index (χ4v) is 8.70. The minimum absolute atomic E-state index is 0.112. The quantitative estimate of drug-likeness (QED) is 0.575. The van der Waals surface area contributed by atoms with E-state index in [9.17, 15) is 20.1 Å². The highest BCUT2D eigenvalue weighted by molar-refractivity contribution is 5.73. The Morgan fingerprint density at radius 1 is 1.07 bits per heavy atom. The Labute approximate surface area is 175 Å². The molecule has 0 aromatic heterocycles. The topological polar surface area (TPSA) is 104 Å². The van der Waals surface area contributed by atoms with Gasteiger partial charge in [0.25, 0.3) is 0 Å². The smallest absolute Gasteiger partial charge is 0.217 e. The van der Waals surface area contributed by atoms with Crippen LogP contribution in [-0.4, -0.2) is 39.5 Å². The molecule has 166 valence electrons. The zero-order valence-corrected chi connectivity index (χ0v) is 18.4. The standard InChI is InChI=1S/C24H41NO4/c1-13(4-7-21(25)29)16-5-6-17-22-18(12-20(28)24(16,17)3)23(2)9-8-15(26)10-14(23)11-19(22)27/h13-20,22,26-28H,4-12H2,1-3H3,(H2,25,29)/t13-,14?,15-,16-,17+,18+,19-,20+,22+,23+,24-/m1/s1. The van der Waals surface area contributed by atoms with Crippen LogP contribution in [0.1, 0.15) is 78.6 Å². The van der Waals surface area contributed by atoms with Crippen molar-refractivity contribution in [3.8, 4) is 0 Å². The van der Waals surface area contributed by atoms with Crippen molar-refractivity contribution in [2.45, 2.75) is 96.9 Å². The second kappa shape index (κ2) is 7.49. The monoisotopic (exact) mass is 407 g/mol. The van der Waals surface area contributed by atoms with E-state index in [2.05, 4.69) is 20.8 Å². The fourth-order valence-electron chi connectivity index (χ4n) is 8.70. The maximum atomic E-state index is 11.5. The summed E-state index contributed by atoms with van der Waals surface area (Å²) < 4.78 is 0. The third kappa shape index (κ3) is 3.27. The molecule has 5 N–H and O–H groups in total. The largest absolute Gasteiger partial charge is 0.393 e. The summed E-state index contributed by atoms with van der Waals surface area (Å²) in [4.78, 5) is 11.3. The first-order chi connectivity index (χ1) is 13.6. The minimum Gasteiger partial charge on any atom is -0.393 e. The van der Waals surface area contributed by atoms with Crippen LogP contribution < -0.4 is 5.73 Å². The molecule has 0 aromatic rings. The average Bonchev–Trinajstić information content (AvgIpc) is 3.01. The van der Waals surface area contributed by atoms with Gasteiger partial charge in [-0.25, -0.2) is 0 Å². The van der Waals surface area contributed by atoms with Gasteiger partial charge in [-0.05, 0) is 97.7 Å². The second-order valence-electron chi connectivity index (χ2n) is 11.5. The van der Waals surface area contributed by atoms with Crippen LogP contribution in [0.5, 0.6) is 0 Å². The number of carbonyl (C=O) groups is 1. The molecule has 0 heterocycles. The number of hydrogen-bond donors (Lipinski definition) is 4. The molecule has 0 aliphatic heterocycles. The summed E-state index contributed by atoms with van der Waals surface area (Å²) in [6.07, 6.45) is 6.56. The Balaban J connectivity index is 1.61. The lowest BCUT2D eigenvalue weighted by atomic mass is 9.43. The van der Waals surface area contributed by atoms with Crippen LogP contribution in [0.2, 0.25) is 0 Å². The van der Waals surface area contributed by atoms with Crippen LogP contribution in [-0.2, 0) is 4.79 Å². The van der Waals surface area contributed by atoms with Crippen LogP contribution in [0.25, 0.3) is 0 Å². The summed E-state index contributed by atoms with van der Waals surface area (Å²) in [5.74, 6) is 1.72. The van der Waals surface area contributed by atoms with Gasteiger partial charge in [-0.2, -0.15) is 0 Å². The van der Waals surface area contributed by atoms with Gasteiger partial charge in [-0.3, -0.25) is 4.79 Å². The summed E-state index contributed by atoms with van der Waals surface area (Å²) in [5.41, 5.74) is 5.30. The molecular weight excluding hydrogens is 366 g/mol. The zero-order valence-electron chi connectivity index (χ0n) is 18.4. The number of rotatable bonds is 4. The van der Waals surface area contributed by atoms with Crippen LogP contribution in [0, 0.1) is 46.3 Å². The molecule has 0 saturated heterocycles. The molecule has 0 spiro atoms. The first-order valence-corrected chi connectivity index (χ1v) is 11.9. The molecule has 0 bridgehead atoms. The number of amides is 1. The van der Waals surface area contributed by atoms with E-state index in [1.165, 1.54) is 0 Å². The Kier molecular flexibility index (Phi) is 5.57. The molecule has 4 aliphatic rings. The number of carbonyl (C=O) groups excluding carboxylic acids is 1. The molecule has 29 heavy (non-hydrogen) atoms. The van der Waals surface area contributed by atoms with E-state index in [0.717, 1.165) is 51.4 Å². The third-order valence-corrected chi connectivity index (χ3v) is 10.4. The molecule has 11 atom stereocenters. The lowest BCUT2D eigenvalue weighted by molar-refractivity contribution is -0.207. The Bertz CT molecular complexity index is 640. The summed E-state index contributed by atoms with van der Waals surface area (Å²) in [6, 6.07) is 0. The fraction of sp³-hybridized carbons (Fsp3) is 0.958. The molecule has 0 radical (unpaired) electrons. The molecular formula is C24H41NO4. The highest BCUT2D eigenvalue weighted by Gasteiger charge is 2.65. The molecule has 5 nitrogen and oxygen atoms in total.